The molecule has 1 atom stereocenters. The maximum Gasteiger partial charge on any atom is 0.161 e. The topological polar surface area (TPSA) is 43.4 Å². The number of ether oxygens (including phenoxy) is 2. The number of nitrogens with zero attached hydrogens (tertiary/aromatic N) is 1. The molecular weight excluding hydrogens is 380 g/mol. The number of pyridine rings is 1. The second-order valence-corrected chi connectivity index (χ2v) is 6.98. The third-order valence-electron chi connectivity index (χ3n) is 4.36. The summed E-state index contributed by atoms with van der Waals surface area (Å²) in [7, 11) is 0. The van der Waals surface area contributed by atoms with E-state index in [-0.39, 0.29) is 6.04 Å². The van der Waals surface area contributed by atoms with Crippen LogP contribution < -0.4 is 14.8 Å². The van der Waals surface area contributed by atoms with Crippen LogP contribution in [0.25, 0.3) is 10.8 Å². The van der Waals surface area contributed by atoms with Crippen molar-refractivity contribution in [2.45, 2.75) is 19.4 Å². The number of anilines is 1. The lowest BCUT2D eigenvalue weighted by Crippen LogP contribution is -2.08. The molecule has 1 N–H and O–H groups in total. The molecule has 1 aliphatic rings. The summed E-state index contributed by atoms with van der Waals surface area (Å²) >= 11 is 3.60. The van der Waals surface area contributed by atoms with Gasteiger partial charge in [0.05, 0.1) is 13.2 Å². The standard InChI is InChI=1S/C20H19BrN2O2/c1-13(14-6-3-2-4-7-14)23-20-16-11-19-18(24-8-5-9-25-19)10-15(16)17(21)12-22-20/h2-4,6-7,10-13H,5,8-9H2,1H3,(H,22,23). The lowest BCUT2D eigenvalue weighted by atomic mass is 10.1. The molecule has 4 nitrogen and oxygen atoms in total. The molecule has 4 rings (SSSR count). The highest BCUT2D eigenvalue weighted by Crippen LogP contribution is 2.39. The van der Waals surface area contributed by atoms with Crippen molar-refractivity contribution in [1.82, 2.24) is 4.98 Å². The summed E-state index contributed by atoms with van der Waals surface area (Å²) in [6.07, 6.45) is 2.72. The van der Waals surface area contributed by atoms with Gasteiger partial charge >= 0.3 is 0 Å². The zero-order chi connectivity index (χ0) is 17.2. The number of fused-ring (bicyclic) bond motifs is 2. The Labute approximate surface area is 155 Å². The van der Waals surface area contributed by atoms with Crippen molar-refractivity contribution < 1.29 is 9.47 Å². The lowest BCUT2D eigenvalue weighted by Gasteiger charge is -2.18. The fraction of sp³-hybridized carbons (Fsp3) is 0.250. The Hall–Kier alpha value is -2.27. The summed E-state index contributed by atoms with van der Waals surface area (Å²) in [6, 6.07) is 14.5. The minimum Gasteiger partial charge on any atom is -0.490 e. The summed E-state index contributed by atoms with van der Waals surface area (Å²) in [5, 5.41) is 5.60. The van der Waals surface area contributed by atoms with E-state index in [0.717, 1.165) is 39.0 Å². The van der Waals surface area contributed by atoms with Gasteiger partial charge in [0.25, 0.3) is 0 Å². The second kappa shape index (κ2) is 6.92. The molecule has 0 fully saturated rings. The van der Waals surface area contributed by atoms with E-state index in [1.165, 1.54) is 5.56 Å². The van der Waals surface area contributed by atoms with E-state index in [1.807, 2.05) is 36.5 Å². The first-order valence-electron chi connectivity index (χ1n) is 8.42. The quantitative estimate of drug-likeness (QED) is 0.647. The fourth-order valence-corrected chi connectivity index (χ4v) is 3.44. The van der Waals surface area contributed by atoms with Crippen molar-refractivity contribution >= 4 is 32.5 Å². The van der Waals surface area contributed by atoms with Crippen LogP contribution >= 0.6 is 15.9 Å². The zero-order valence-electron chi connectivity index (χ0n) is 14.0. The maximum atomic E-state index is 5.85. The van der Waals surface area contributed by atoms with E-state index in [1.54, 1.807) is 0 Å². The molecular formula is C20H19BrN2O2. The summed E-state index contributed by atoms with van der Waals surface area (Å²) in [4.78, 5) is 4.59. The van der Waals surface area contributed by atoms with Crippen molar-refractivity contribution in [2.24, 2.45) is 0 Å². The summed E-state index contributed by atoms with van der Waals surface area (Å²) in [5.74, 6) is 2.41. The third kappa shape index (κ3) is 3.29. The van der Waals surface area contributed by atoms with Gasteiger partial charge in [0.2, 0.25) is 0 Å². The minimum atomic E-state index is 0.147. The number of hydrogen-bond donors (Lipinski definition) is 1. The van der Waals surface area contributed by atoms with Gasteiger partial charge in [-0.15, -0.1) is 0 Å². The largest absolute Gasteiger partial charge is 0.490 e. The highest BCUT2D eigenvalue weighted by molar-refractivity contribution is 9.10. The van der Waals surface area contributed by atoms with Gasteiger partial charge in [0.1, 0.15) is 5.82 Å². The van der Waals surface area contributed by atoms with Crippen LogP contribution in [0.4, 0.5) is 5.82 Å². The summed E-state index contributed by atoms with van der Waals surface area (Å²) in [6.45, 7) is 3.48. The van der Waals surface area contributed by atoms with Crippen LogP contribution in [0.2, 0.25) is 0 Å². The number of rotatable bonds is 3. The Bertz CT molecular complexity index is 899. The van der Waals surface area contributed by atoms with E-state index < -0.39 is 0 Å². The molecule has 1 unspecified atom stereocenters. The molecule has 0 radical (unpaired) electrons. The molecule has 25 heavy (non-hydrogen) atoms. The van der Waals surface area contributed by atoms with Crippen molar-refractivity contribution in [3.8, 4) is 11.5 Å². The molecule has 1 aromatic heterocycles. The van der Waals surface area contributed by atoms with Gasteiger partial charge in [-0.1, -0.05) is 30.3 Å². The Kier molecular flexibility index (Phi) is 4.49. The van der Waals surface area contributed by atoms with E-state index in [9.17, 15) is 0 Å². The predicted molar refractivity (Wildman–Crippen MR) is 104 cm³/mol. The minimum absolute atomic E-state index is 0.147. The SMILES string of the molecule is CC(Nc1ncc(Br)c2cc3c(cc12)OCCCO3)c1ccccc1. The van der Waals surface area contributed by atoms with Crippen molar-refractivity contribution in [1.29, 1.82) is 0 Å². The van der Waals surface area contributed by atoms with E-state index in [0.29, 0.717) is 13.2 Å². The molecule has 2 aromatic carbocycles. The number of nitrogens with one attached hydrogen (secondary N) is 1. The van der Waals surface area contributed by atoms with Gasteiger partial charge < -0.3 is 14.8 Å². The molecule has 0 saturated heterocycles. The number of aromatic nitrogens is 1. The van der Waals surface area contributed by atoms with E-state index in [4.69, 9.17) is 9.47 Å². The predicted octanol–water partition coefficient (Wildman–Crippen LogP) is 5.33. The second-order valence-electron chi connectivity index (χ2n) is 6.13. The normalized spacial score (nSPS) is 14.8. The molecule has 0 bridgehead atoms. The van der Waals surface area contributed by atoms with Crippen molar-refractivity contribution in [2.75, 3.05) is 18.5 Å². The van der Waals surface area contributed by atoms with Crippen LogP contribution in [0.3, 0.4) is 0 Å². The molecule has 0 amide bonds. The van der Waals surface area contributed by atoms with Gasteiger partial charge in [-0.2, -0.15) is 0 Å². The monoisotopic (exact) mass is 398 g/mol. The Morgan fingerprint density at radius 2 is 1.72 bits per heavy atom. The zero-order valence-corrected chi connectivity index (χ0v) is 15.5. The molecule has 3 aromatic rings. The summed E-state index contributed by atoms with van der Waals surface area (Å²) in [5.41, 5.74) is 1.22. The molecule has 0 aliphatic carbocycles. The first-order valence-corrected chi connectivity index (χ1v) is 9.21. The van der Waals surface area contributed by atoms with Gasteiger partial charge in [-0.25, -0.2) is 4.98 Å². The maximum absolute atomic E-state index is 5.85. The van der Waals surface area contributed by atoms with Crippen LogP contribution in [-0.4, -0.2) is 18.2 Å². The molecule has 0 saturated carbocycles. The van der Waals surface area contributed by atoms with Crippen LogP contribution in [0.5, 0.6) is 11.5 Å². The highest BCUT2D eigenvalue weighted by atomic mass is 79.9. The molecule has 5 heteroatoms. The number of benzene rings is 2. The smallest absolute Gasteiger partial charge is 0.161 e. The first-order chi connectivity index (χ1) is 12.2. The Balaban J connectivity index is 1.76. The number of hydrogen-bond acceptors (Lipinski definition) is 4. The molecule has 128 valence electrons. The summed E-state index contributed by atoms with van der Waals surface area (Å²) < 4.78 is 12.6. The third-order valence-corrected chi connectivity index (χ3v) is 4.99. The van der Waals surface area contributed by atoms with Gasteiger partial charge in [-0.05, 0) is 40.5 Å². The van der Waals surface area contributed by atoms with E-state index >= 15 is 0 Å². The number of halogens is 1. The van der Waals surface area contributed by atoms with Gasteiger partial charge in [0, 0.05) is 33.9 Å². The van der Waals surface area contributed by atoms with Crippen LogP contribution in [0, 0.1) is 0 Å². The average molecular weight is 399 g/mol. The van der Waals surface area contributed by atoms with Gasteiger partial charge in [0.15, 0.2) is 11.5 Å². The molecule has 0 spiro atoms. The fourth-order valence-electron chi connectivity index (χ4n) is 3.01. The first kappa shape index (κ1) is 16.2. The van der Waals surface area contributed by atoms with E-state index in [2.05, 4.69) is 45.3 Å². The van der Waals surface area contributed by atoms with Crippen molar-refractivity contribution in [3.05, 3.63) is 58.7 Å². The van der Waals surface area contributed by atoms with Gasteiger partial charge in [-0.3, -0.25) is 0 Å². The van der Waals surface area contributed by atoms with Crippen molar-refractivity contribution in [3.63, 3.8) is 0 Å². The lowest BCUT2D eigenvalue weighted by molar-refractivity contribution is 0.297. The van der Waals surface area contributed by atoms with Crippen LogP contribution in [-0.2, 0) is 0 Å². The Morgan fingerprint density at radius 1 is 1.04 bits per heavy atom. The highest BCUT2D eigenvalue weighted by Gasteiger charge is 2.16. The van der Waals surface area contributed by atoms with Crippen LogP contribution in [0.1, 0.15) is 24.9 Å². The molecule has 2 heterocycles. The van der Waals surface area contributed by atoms with Crippen LogP contribution in [0.15, 0.2) is 53.1 Å². The average Bonchev–Trinajstić information content (AvgIpc) is 2.88. The molecule has 1 aliphatic heterocycles. The Morgan fingerprint density at radius 3 is 2.44 bits per heavy atom.